The number of nitrogens with two attached hydrogens (primary N) is 1. The van der Waals surface area contributed by atoms with Crippen LogP contribution >= 0.6 is 0 Å². The molecule has 18 heavy (non-hydrogen) atoms. The molecule has 1 rings (SSSR count). The minimum Gasteiger partial charge on any atom is -0.508 e. The number of hydrogen-bond acceptors (Lipinski definition) is 4. The minimum atomic E-state index is 0.0373. The van der Waals surface area contributed by atoms with Crippen molar-refractivity contribution in [3.05, 3.63) is 23.8 Å². The first-order valence-electron chi connectivity index (χ1n) is 6.19. The van der Waals surface area contributed by atoms with Crippen molar-refractivity contribution in [1.82, 2.24) is 4.90 Å². The topological polar surface area (TPSA) is 69.7 Å². The van der Waals surface area contributed by atoms with Crippen LogP contribution in [-0.4, -0.2) is 35.3 Å². The van der Waals surface area contributed by atoms with Crippen molar-refractivity contribution in [2.24, 2.45) is 11.1 Å². The van der Waals surface area contributed by atoms with Gasteiger partial charge in [-0.3, -0.25) is 4.90 Å². The molecular formula is C14H24N2O2. The van der Waals surface area contributed by atoms with Gasteiger partial charge in [0.1, 0.15) is 11.5 Å². The van der Waals surface area contributed by atoms with Crippen LogP contribution in [0.1, 0.15) is 32.4 Å². The van der Waals surface area contributed by atoms with Crippen LogP contribution in [0.25, 0.3) is 0 Å². The lowest BCUT2D eigenvalue weighted by Gasteiger charge is -2.33. The van der Waals surface area contributed by atoms with Crippen LogP contribution in [0.15, 0.2) is 18.2 Å². The number of phenols is 2. The second kappa shape index (κ2) is 5.59. The lowest BCUT2D eigenvalue weighted by atomic mass is 9.92. The van der Waals surface area contributed by atoms with E-state index in [-0.39, 0.29) is 23.0 Å². The van der Waals surface area contributed by atoms with Gasteiger partial charge >= 0.3 is 0 Å². The SMILES string of the molecule is CC(c1ccc(O)cc1O)N(C)CC(C)(C)CN. The van der Waals surface area contributed by atoms with Crippen LogP contribution in [-0.2, 0) is 0 Å². The smallest absolute Gasteiger partial charge is 0.124 e. The fraction of sp³-hybridized carbons (Fsp3) is 0.571. The molecular weight excluding hydrogens is 228 g/mol. The quantitative estimate of drug-likeness (QED) is 0.750. The monoisotopic (exact) mass is 252 g/mol. The van der Waals surface area contributed by atoms with Crippen LogP contribution in [0, 0.1) is 5.41 Å². The number of nitrogens with zero attached hydrogens (tertiary/aromatic N) is 1. The minimum absolute atomic E-state index is 0.0373. The van der Waals surface area contributed by atoms with Gasteiger partial charge < -0.3 is 15.9 Å². The molecule has 1 unspecified atom stereocenters. The summed E-state index contributed by atoms with van der Waals surface area (Å²) in [5.41, 5.74) is 6.58. The number of aromatic hydroxyl groups is 2. The maximum atomic E-state index is 9.85. The fourth-order valence-corrected chi connectivity index (χ4v) is 2.00. The summed E-state index contributed by atoms with van der Waals surface area (Å²) in [6.07, 6.45) is 0. The van der Waals surface area contributed by atoms with E-state index in [1.54, 1.807) is 12.1 Å². The van der Waals surface area contributed by atoms with Gasteiger partial charge in [0, 0.05) is 24.2 Å². The summed E-state index contributed by atoms with van der Waals surface area (Å²) in [4.78, 5) is 2.15. The summed E-state index contributed by atoms with van der Waals surface area (Å²) in [7, 11) is 2.01. The van der Waals surface area contributed by atoms with E-state index >= 15 is 0 Å². The molecule has 1 atom stereocenters. The van der Waals surface area contributed by atoms with E-state index in [0.717, 1.165) is 12.1 Å². The lowest BCUT2D eigenvalue weighted by molar-refractivity contribution is 0.172. The Balaban J connectivity index is 2.83. The largest absolute Gasteiger partial charge is 0.508 e. The third-order valence-corrected chi connectivity index (χ3v) is 3.36. The van der Waals surface area contributed by atoms with Gasteiger partial charge in [0.25, 0.3) is 0 Å². The van der Waals surface area contributed by atoms with E-state index in [2.05, 4.69) is 18.7 Å². The van der Waals surface area contributed by atoms with E-state index in [4.69, 9.17) is 5.73 Å². The Morgan fingerprint density at radius 1 is 1.33 bits per heavy atom. The molecule has 0 fully saturated rings. The highest BCUT2D eigenvalue weighted by Crippen LogP contribution is 2.31. The van der Waals surface area contributed by atoms with Gasteiger partial charge in [-0.2, -0.15) is 0 Å². The molecule has 0 bridgehead atoms. The van der Waals surface area contributed by atoms with Crippen LogP contribution in [0.3, 0.4) is 0 Å². The highest BCUT2D eigenvalue weighted by Gasteiger charge is 2.23. The summed E-state index contributed by atoms with van der Waals surface area (Å²) in [5.74, 6) is 0.202. The Bertz CT molecular complexity index is 405. The van der Waals surface area contributed by atoms with Gasteiger partial charge in [-0.15, -0.1) is 0 Å². The van der Waals surface area contributed by atoms with Crippen LogP contribution in [0.4, 0.5) is 0 Å². The van der Waals surface area contributed by atoms with Gasteiger partial charge in [-0.25, -0.2) is 0 Å². The van der Waals surface area contributed by atoms with Crippen LogP contribution in [0.5, 0.6) is 11.5 Å². The van der Waals surface area contributed by atoms with E-state index < -0.39 is 0 Å². The molecule has 4 N–H and O–H groups in total. The standard InChI is InChI=1S/C14H24N2O2/c1-10(16(4)9-14(2,3)8-15)12-6-5-11(17)7-13(12)18/h5-7,10,17-18H,8-9,15H2,1-4H3. The first kappa shape index (κ1) is 14.8. The maximum absolute atomic E-state index is 9.85. The van der Waals surface area contributed by atoms with Crippen molar-refractivity contribution in [2.75, 3.05) is 20.1 Å². The van der Waals surface area contributed by atoms with Crippen molar-refractivity contribution in [3.63, 3.8) is 0 Å². The van der Waals surface area contributed by atoms with E-state index in [9.17, 15) is 10.2 Å². The Kier molecular flexibility index (Phi) is 4.59. The van der Waals surface area contributed by atoms with Crippen molar-refractivity contribution in [1.29, 1.82) is 0 Å². The number of benzene rings is 1. The predicted octanol–water partition coefficient (Wildman–Crippen LogP) is 2.08. The molecule has 0 aliphatic heterocycles. The lowest BCUT2D eigenvalue weighted by Crippen LogP contribution is -2.37. The molecule has 0 radical (unpaired) electrons. The summed E-state index contributed by atoms with van der Waals surface area (Å²) < 4.78 is 0. The molecule has 1 aromatic rings. The van der Waals surface area contributed by atoms with Gasteiger partial charge in [0.15, 0.2) is 0 Å². The number of hydrogen-bond donors (Lipinski definition) is 3. The molecule has 0 saturated carbocycles. The van der Waals surface area contributed by atoms with Crippen LogP contribution in [0.2, 0.25) is 0 Å². The van der Waals surface area contributed by atoms with Gasteiger partial charge in [-0.1, -0.05) is 19.9 Å². The first-order chi connectivity index (χ1) is 8.26. The van der Waals surface area contributed by atoms with Crippen molar-refractivity contribution < 1.29 is 10.2 Å². The average Bonchev–Trinajstić information content (AvgIpc) is 2.27. The molecule has 0 saturated heterocycles. The zero-order valence-corrected chi connectivity index (χ0v) is 11.6. The molecule has 0 spiro atoms. The van der Waals surface area contributed by atoms with E-state index in [1.807, 2.05) is 14.0 Å². The third-order valence-electron chi connectivity index (χ3n) is 3.36. The molecule has 0 aromatic heterocycles. The molecule has 102 valence electrons. The number of phenolic OH excluding ortho intramolecular Hbond substituents is 2. The van der Waals surface area contributed by atoms with E-state index in [1.165, 1.54) is 6.07 Å². The van der Waals surface area contributed by atoms with Crippen LogP contribution < -0.4 is 5.73 Å². The normalized spacial score (nSPS) is 13.9. The zero-order valence-electron chi connectivity index (χ0n) is 11.6. The molecule has 4 heteroatoms. The van der Waals surface area contributed by atoms with Gasteiger partial charge in [-0.05, 0) is 32.0 Å². The Morgan fingerprint density at radius 2 is 1.94 bits per heavy atom. The predicted molar refractivity (Wildman–Crippen MR) is 73.7 cm³/mol. The molecule has 0 aliphatic rings. The van der Waals surface area contributed by atoms with Gasteiger partial charge in [0.05, 0.1) is 0 Å². The maximum Gasteiger partial charge on any atom is 0.124 e. The molecule has 0 heterocycles. The number of rotatable bonds is 5. The van der Waals surface area contributed by atoms with Gasteiger partial charge in [0.2, 0.25) is 0 Å². The van der Waals surface area contributed by atoms with Crippen molar-refractivity contribution in [2.45, 2.75) is 26.8 Å². The molecule has 4 nitrogen and oxygen atoms in total. The highest BCUT2D eigenvalue weighted by atomic mass is 16.3. The Morgan fingerprint density at radius 3 is 2.44 bits per heavy atom. The molecule has 1 aromatic carbocycles. The second-order valence-corrected chi connectivity index (χ2v) is 5.70. The third kappa shape index (κ3) is 3.62. The summed E-state index contributed by atoms with van der Waals surface area (Å²) in [6.45, 7) is 7.72. The van der Waals surface area contributed by atoms with Crippen molar-refractivity contribution in [3.8, 4) is 11.5 Å². The summed E-state index contributed by atoms with van der Waals surface area (Å²) in [5, 5.41) is 19.1. The molecule has 0 amide bonds. The molecule has 0 aliphatic carbocycles. The highest BCUT2D eigenvalue weighted by molar-refractivity contribution is 5.40. The van der Waals surface area contributed by atoms with Crippen molar-refractivity contribution >= 4 is 0 Å². The Labute approximate surface area is 109 Å². The zero-order chi connectivity index (χ0) is 13.9. The summed E-state index contributed by atoms with van der Waals surface area (Å²) >= 11 is 0. The Hall–Kier alpha value is -1.26. The van der Waals surface area contributed by atoms with E-state index in [0.29, 0.717) is 6.54 Å². The fourth-order valence-electron chi connectivity index (χ4n) is 2.00. The summed E-state index contributed by atoms with van der Waals surface area (Å²) in [6, 6.07) is 4.78. The second-order valence-electron chi connectivity index (χ2n) is 5.70. The first-order valence-corrected chi connectivity index (χ1v) is 6.19. The average molecular weight is 252 g/mol.